The molecule has 0 N–H and O–H groups in total. The lowest BCUT2D eigenvalue weighted by atomic mass is 9.86. The second-order valence-corrected chi connectivity index (χ2v) is 9.63. The number of methoxy groups -OCH3 is 1. The summed E-state index contributed by atoms with van der Waals surface area (Å²) >= 11 is 0. The quantitative estimate of drug-likeness (QED) is 0.809. The molecule has 0 spiro atoms. The molecule has 25 heavy (non-hydrogen) atoms. The number of benzene rings is 1. The minimum absolute atomic E-state index is 0.105. The Kier molecular flexibility index (Phi) is 4.36. The van der Waals surface area contributed by atoms with E-state index < -0.39 is 15.4 Å². The van der Waals surface area contributed by atoms with Gasteiger partial charge in [-0.2, -0.15) is 4.31 Å². The molecule has 1 aliphatic heterocycles. The van der Waals surface area contributed by atoms with Crippen LogP contribution in [0.15, 0.2) is 24.3 Å². The number of carbonyl (C=O) groups excluding carboxylic acids is 1. The van der Waals surface area contributed by atoms with Gasteiger partial charge >= 0.3 is 0 Å². The van der Waals surface area contributed by atoms with Crippen molar-refractivity contribution in [3.05, 3.63) is 29.8 Å². The SMILES string of the molecule is COc1ccc([C@@]2(C(=O)N3CCN(S(C)(=O)=O)CC3)CC2(C)C)cc1. The molecule has 1 saturated heterocycles. The molecule has 1 aliphatic carbocycles. The fraction of sp³-hybridized carbons (Fsp3) is 0.611. The highest BCUT2D eigenvalue weighted by atomic mass is 32.2. The molecule has 1 heterocycles. The van der Waals surface area contributed by atoms with E-state index in [-0.39, 0.29) is 11.3 Å². The van der Waals surface area contributed by atoms with Gasteiger partial charge in [0.2, 0.25) is 15.9 Å². The molecular formula is C18H26N2O4S. The number of hydrogen-bond acceptors (Lipinski definition) is 4. The molecule has 0 radical (unpaired) electrons. The summed E-state index contributed by atoms with van der Waals surface area (Å²) < 4.78 is 30.0. The van der Waals surface area contributed by atoms with Crippen molar-refractivity contribution in [2.45, 2.75) is 25.7 Å². The first-order chi connectivity index (χ1) is 11.6. The highest BCUT2D eigenvalue weighted by Gasteiger charge is 2.68. The number of sulfonamides is 1. The molecular weight excluding hydrogens is 340 g/mol. The van der Waals surface area contributed by atoms with Gasteiger partial charge in [0.1, 0.15) is 5.75 Å². The Morgan fingerprint density at radius 1 is 1.08 bits per heavy atom. The predicted molar refractivity (Wildman–Crippen MR) is 96.1 cm³/mol. The van der Waals surface area contributed by atoms with Crippen molar-refractivity contribution in [1.29, 1.82) is 0 Å². The third-order valence-electron chi connectivity index (χ3n) is 5.68. The van der Waals surface area contributed by atoms with E-state index in [0.717, 1.165) is 17.7 Å². The van der Waals surface area contributed by atoms with Crippen molar-refractivity contribution in [3.63, 3.8) is 0 Å². The Labute approximate surface area is 149 Å². The van der Waals surface area contributed by atoms with Gasteiger partial charge in [-0.25, -0.2) is 8.42 Å². The molecule has 0 unspecified atom stereocenters. The molecule has 3 rings (SSSR count). The topological polar surface area (TPSA) is 66.9 Å². The maximum Gasteiger partial charge on any atom is 0.233 e. The summed E-state index contributed by atoms with van der Waals surface area (Å²) in [6.07, 6.45) is 2.02. The minimum Gasteiger partial charge on any atom is -0.497 e. The summed E-state index contributed by atoms with van der Waals surface area (Å²) in [5, 5.41) is 0. The second kappa shape index (κ2) is 5.99. The molecule has 138 valence electrons. The molecule has 6 nitrogen and oxygen atoms in total. The summed E-state index contributed by atoms with van der Waals surface area (Å²) in [5.74, 6) is 0.877. The van der Waals surface area contributed by atoms with Gasteiger partial charge in [-0.1, -0.05) is 26.0 Å². The molecule has 1 saturated carbocycles. The van der Waals surface area contributed by atoms with Crippen LogP contribution >= 0.6 is 0 Å². The molecule has 1 aromatic rings. The summed E-state index contributed by atoms with van der Waals surface area (Å²) in [7, 11) is -1.57. The van der Waals surface area contributed by atoms with Crippen LogP contribution in [0.4, 0.5) is 0 Å². The Morgan fingerprint density at radius 3 is 2.00 bits per heavy atom. The number of rotatable bonds is 4. The summed E-state index contributed by atoms with van der Waals surface area (Å²) in [6.45, 7) is 5.84. The summed E-state index contributed by atoms with van der Waals surface area (Å²) in [6, 6.07) is 7.72. The molecule has 0 bridgehead atoms. The first kappa shape index (κ1) is 18.2. The van der Waals surface area contributed by atoms with Crippen LogP contribution in [0.5, 0.6) is 5.75 Å². The standard InChI is InChI=1S/C18H26N2O4S/c1-17(2)13-18(17,14-5-7-15(24-3)8-6-14)16(21)19-9-11-20(12-10-19)25(4,22)23/h5-8H,9-13H2,1-4H3/t18-/m1/s1. The Hall–Kier alpha value is -1.60. The molecule has 1 aromatic carbocycles. The number of piperazine rings is 1. The van der Waals surface area contributed by atoms with Gasteiger partial charge in [-0.3, -0.25) is 4.79 Å². The Morgan fingerprint density at radius 2 is 1.60 bits per heavy atom. The van der Waals surface area contributed by atoms with Crippen LogP contribution in [0.25, 0.3) is 0 Å². The van der Waals surface area contributed by atoms with E-state index in [1.807, 2.05) is 29.2 Å². The molecule has 7 heteroatoms. The van der Waals surface area contributed by atoms with E-state index in [1.54, 1.807) is 7.11 Å². The maximum absolute atomic E-state index is 13.3. The first-order valence-electron chi connectivity index (χ1n) is 8.51. The van der Waals surface area contributed by atoms with Crippen molar-refractivity contribution in [2.75, 3.05) is 39.5 Å². The largest absolute Gasteiger partial charge is 0.497 e. The average molecular weight is 366 g/mol. The third-order valence-corrected chi connectivity index (χ3v) is 6.98. The van der Waals surface area contributed by atoms with Crippen molar-refractivity contribution >= 4 is 15.9 Å². The smallest absolute Gasteiger partial charge is 0.233 e. The lowest BCUT2D eigenvalue weighted by Crippen LogP contribution is -2.53. The highest BCUT2D eigenvalue weighted by Crippen LogP contribution is 2.65. The van der Waals surface area contributed by atoms with E-state index in [9.17, 15) is 13.2 Å². The second-order valence-electron chi connectivity index (χ2n) is 7.65. The number of carbonyl (C=O) groups is 1. The molecule has 0 aromatic heterocycles. The molecule has 1 amide bonds. The molecule has 1 atom stereocenters. The highest BCUT2D eigenvalue weighted by molar-refractivity contribution is 7.88. The summed E-state index contributed by atoms with van der Waals surface area (Å²) in [4.78, 5) is 15.2. The fourth-order valence-electron chi connectivity index (χ4n) is 3.97. The first-order valence-corrected chi connectivity index (χ1v) is 10.4. The zero-order chi connectivity index (χ0) is 18.5. The Bertz CT molecular complexity index is 765. The maximum atomic E-state index is 13.3. The van der Waals surface area contributed by atoms with E-state index in [1.165, 1.54) is 10.6 Å². The lowest BCUT2D eigenvalue weighted by Gasteiger charge is -2.36. The lowest BCUT2D eigenvalue weighted by molar-refractivity contribution is -0.136. The number of nitrogens with zero attached hydrogens (tertiary/aromatic N) is 2. The van der Waals surface area contributed by atoms with Crippen molar-refractivity contribution in [1.82, 2.24) is 9.21 Å². The molecule has 2 aliphatic rings. The van der Waals surface area contributed by atoms with E-state index >= 15 is 0 Å². The van der Waals surface area contributed by atoms with Crippen molar-refractivity contribution in [2.24, 2.45) is 5.41 Å². The van der Waals surface area contributed by atoms with Crippen molar-refractivity contribution < 1.29 is 17.9 Å². The van der Waals surface area contributed by atoms with Gasteiger partial charge in [0, 0.05) is 26.2 Å². The minimum atomic E-state index is -3.20. The van der Waals surface area contributed by atoms with Gasteiger partial charge < -0.3 is 9.64 Å². The predicted octanol–water partition coefficient (Wildman–Crippen LogP) is 1.47. The van der Waals surface area contributed by atoms with E-state index in [2.05, 4.69) is 13.8 Å². The van der Waals surface area contributed by atoms with Crippen LogP contribution in [0.3, 0.4) is 0 Å². The van der Waals surface area contributed by atoms with Gasteiger partial charge in [0.15, 0.2) is 0 Å². The number of amides is 1. The molecule has 2 fully saturated rings. The van der Waals surface area contributed by atoms with Gasteiger partial charge in [0.25, 0.3) is 0 Å². The zero-order valence-corrected chi connectivity index (χ0v) is 16.1. The normalized spacial score (nSPS) is 26.3. The number of hydrogen-bond donors (Lipinski definition) is 0. The van der Waals surface area contributed by atoms with Crippen molar-refractivity contribution in [3.8, 4) is 5.75 Å². The summed E-state index contributed by atoms with van der Waals surface area (Å²) in [5.41, 5.74) is 0.382. The fourth-order valence-corrected chi connectivity index (χ4v) is 4.79. The Balaban J connectivity index is 1.81. The van der Waals surface area contributed by atoms with Crippen LogP contribution in [-0.2, 0) is 20.2 Å². The van der Waals surface area contributed by atoms with Crippen LogP contribution < -0.4 is 4.74 Å². The number of ether oxygens (including phenoxy) is 1. The van der Waals surface area contributed by atoms with Crippen LogP contribution in [0.1, 0.15) is 25.8 Å². The van der Waals surface area contributed by atoms with E-state index in [4.69, 9.17) is 4.74 Å². The zero-order valence-electron chi connectivity index (χ0n) is 15.3. The van der Waals surface area contributed by atoms with Gasteiger partial charge in [0.05, 0.1) is 18.8 Å². The monoisotopic (exact) mass is 366 g/mol. The van der Waals surface area contributed by atoms with Gasteiger partial charge in [-0.15, -0.1) is 0 Å². The average Bonchev–Trinajstić information content (AvgIpc) is 3.17. The third kappa shape index (κ3) is 3.04. The van der Waals surface area contributed by atoms with Crippen LogP contribution in [0.2, 0.25) is 0 Å². The van der Waals surface area contributed by atoms with Crippen LogP contribution in [0, 0.1) is 5.41 Å². The van der Waals surface area contributed by atoms with Crippen LogP contribution in [-0.4, -0.2) is 63.1 Å². The van der Waals surface area contributed by atoms with Gasteiger partial charge in [-0.05, 0) is 29.5 Å². The van der Waals surface area contributed by atoms with E-state index in [0.29, 0.717) is 26.2 Å².